The lowest BCUT2D eigenvalue weighted by Gasteiger charge is -2.39. The van der Waals surface area contributed by atoms with E-state index in [1.165, 1.54) is 23.4 Å². The van der Waals surface area contributed by atoms with Crippen LogP contribution < -0.4 is 5.73 Å². The molecule has 2 N–H and O–H groups in total. The molecular formula is C19H33N5OS. The molecule has 0 radical (unpaired) electrons. The molecule has 1 atom stereocenters. The van der Waals surface area contributed by atoms with Crippen LogP contribution in [0.2, 0.25) is 0 Å². The second-order valence-corrected chi connectivity index (χ2v) is 9.04. The number of thiazole rings is 1. The predicted octanol–water partition coefficient (Wildman–Crippen LogP) is 2.69. The van der Waals surface area contributed by atoms with Crippen LogP contribution in [0, 0.1) is 5.92 Å². The van der Waals surface area contributed by atoms with Crippen molar-refractivity contribution >= 4 is 22.5 Å². The fraction of sp³-hybridized carbons (Fsp3) is 0.789. The highest BCUT2D eigenvalue weighted by atomic mass is 32.1. The Kier molecular flexibility index (Phi) is 6.40. The molecule has 0 aromatic carbocycles. The highest BCUT2D eigenvalue weighted by Crippen LogP contribution is 2.31. The normalized spacial score (nSPS) is 21.1. The van der Waals surface area contributed by atoms with Crippen molar-refractivity contribution in [3.8, 4) is 0 Å². The second-order valence-electron chi connectivity index (χ2n) is 7.92. The predicted molar refractivity (Wildman–Crippen MR) is 108 cm³/mol. The van der Waals surface area contributed by atoms with Crippen LogP contribution in [-0.2, 0) is 12.8 Å². The van der Waals surface area contributed by atoms with Gasteiger partial charge in [-0.15, -0.1) is 11.3 Å². The minimum Gasteiger partial charge on any atom is -0.375 e. The van der Waals surface area contributed by atoms with E-state index in [9.17, 15) is 4.79 Å². The van der Waals surface area contributed by atoms with Gasteiger partial charge in [0, 0.05) is 44.6 Å². The number of anilines is 1. The van der Waals surface area contributed by atoms with Crippen molar-refractivity contribution < 1.29 is 4.79 Å². The third-order valence-electron chi connectivity index (χ3n) is 5.72. The number of hydrogen-bond donors (Lipinski definition) is 1. The summed E-state index contributed by atoms with van der Waals surface area (Å²) in [5.74, 6) is 0.695. The monoisotopic (exact) mass is 379 g/mol. The third kappa shape index (κ3) is 4.49. The van der Waals surface area contributed by atoms with E-state index >= 15 is 0 Å². The zero-order valence-electron chi connectivity index (χ0n) is 16.4. The molecular weight excluding hydrogens is 346 g/mol. The van der Waals surface area contributed by atoms with Gasteiger partial charge in [-0.3, -0.25) is 4.90 Å². The summed E-state index contributed by atoms with van der Waals surface area (Å²) in [6, 6.07) is 0.764. The number of piperidine rings is 1. The quantitative estimate of drug-likeness (QED) is 0.854. The number of nitrogens with zero attached hydrogens (tertiary/aromatic N) is 4. The number of amides is 2. The van der Waals surface area contributed by atoms with Crippen LogP contribution in [-0.4, -0.2) is 72.0 Å². The summed E-state index contributed by atoms with van der Waals surface area (Å²) < 4.78 is 0. The lowest BCUT2D eigenvalue weighted by Crippen LogP contribution is -2.47. The first kappa shape index (κ1) is 19.4. The molecule has 2 heterocycles. The van der Waals surface area contributed by atoms with Gasteiger partial charge in [-0.1, -0.05) is 6.92 Å². The Morgan fingerprint density at radius 1 is 1.31 bits per heavy atom. The fourth-order valence-electron chi connectivity index (χ4n) is 4.32. The van der Waals surface area contributed by atoms with Crippen molar-refractivity contribution in [2.75, 3.05) is 46.0 Å². The van der Waals surface area contributed by atoms with Gasteiger partial charge >= 0.3 is 6.03 Å². The van der Waals surface area contributed by atoms with Crippen molar-refractivity contribution in [2.24, 2.45) is 5.92 Å². The number of carbonyl (C=O) groups excluding carboxylic acids is 1. The maximum Gasteiger partial charge on any atom is 0.319 e. The van der Waals surface area contributed by atoms with E-state index in [0.29, 0.717) is 12.0 Å². The van der Waals surface area contributed by atoms with E-state index in [2.05, 4.69) is 16.8 Å². The van der Waals surface area contributed by atoms with Crippen molar-refractivity contribution in [1.82, 2.24) is 19.7 Å². The van der Waals surface area contributed by atoms with Crippen molar-refractivity contribution in [3.05, 3.63) is 10.6 Å². The molecule has 1 fully saturated rings. The van der Waals surface area contributed by atoms with Gasteiger partial charge in [-0.05, 0) is 51.0 Å². The lowest BCUT2D eigenvalue weighted by atomic mass is 9.92. The molecule has 2 aliphatic rings. The molecule has 0 unspecified atom stereocenters. The number of aryl methyl sites for hydroxylation is 1. The van der Waals surface area contributed by atoms with Gasteiger partial charge in [0.25, 0.3) is 0 Å². The highest BCUT2D eigenvalue weighted by molar-refractivity contribution is 7.15. The Morgan fingerprint density at radius 2 is 2.04 bits per heavy atom. The molecule has 0 bridgehead atoms. The minimum atomic E-state index is 0.149. The first-order chi connectivity index (χ1) is 12.5. The Bertz CT molecular complexity index is 609. The number of urea groups is 1. The summed E-state index contributed by atoms with van der Waals surface area (Å²) in [5.41, 5.74) is 7.14. The largest absolute Gasteiger partial charge is 0.375 e. The van der Waals surface area contributed by atoms with Crippen LogP contribution in [0.1, 0.15) is 43.2 Å². The number of nitrogens with two attached hydrogens (primary N) is 1. The number of nitrogen functional groups attached to an aromatic ring is 1. The SMILES string of the molecule is CCCN(CC1CCN(C(=O)N(C)C)CC1)[C@H]1CCc2nc(N)sc2C1. The van der Waals surface area contributed by atoms with Crippen LogP contribution in [0.15, 0.2) is 0 Å². The molecule has 0 saturated carbocycles. The second kappa shape index (κ2) is 8.57. The smallest absolute Gasteiger partial charge is 0.319 e. The van der Waals surface area contributed by atoms with Gasteiger partial charge in [-0.2, -0.15) is 0 Å². The first-order valence-corrected chi connectivity index (χ1v) is 10.7. The number of carbonyl (C=O) groups is 1. The highest BCUT2D eigenvalue weighted by Gasteiger charge is 2.30. The molecule has 26 heavy (non-hydrogen) atoms. The zero-order valence-corrected chi connectivity index (χ0v) is 17.2. The minimum absolute atomic E-state index is 0.149. The van der Waals surface area contributed by atoms with Gasteiger partial charge in [0.05, 0.1) is 5.69 Å². The molecule has 1 aromatic rings. The number of likely N-dealkylation sites (tertiary alicyclic amines) is 1. The summed E-state index contributed by atoms with van der Waals surface area (Å²) in [5, 5.41) is 0.718. The van der Waals surface area contributed by atoms with E-state index < -0.39 is 0 Å². The van der Waals surface area contributed by atoms with E-state index in [0.717, 1.165) is 57.0 Å². The van der Waals surface area contributed by atoms with Gasteiger partial charge in [0.15, 0.2) is 5.13 Å². The molecule has 1 aromatic heterocycles. The van der Waals surface area contributed by atoms with Crippen molar-refractivity contribution in [3.63, 3.8) is 0 Å². The van der Waals surface area contributed by atoms with Crippen LogP contribution in [0.25, 0.3) is 0 Å². The Morgan fingerprint density at radius 3 is 2.69 bits per heavy atom. The van der Waals surface area contributed by atoms with Gasteiger partial charge in [0.1, 0.15) is 0 Å². The molecule has 0 spiro atoms. The summed E-state index contributed by atoms with van der Waals surface area (Å²) in [6.45, 7) is 6.37. The number of fused-ring (bicyclic) bond motifs is 1. The van der Waals surface area contributed by atoms with Crippen LogP contribution >= 0.6 is 11.3 Å². The lowest BCUT2D eigenvalue weighted by molar-refractivity contribution is 0.109. The number of aromatic nitrogens is 1. The molecule has 1 saturated heterocycles. The van der Waals surface area contributed by atoms with Gasteiger partial charge < -0.3 is 15.5 Å². The van der Waals surface area contributed by atoms with E-state index in [-0.39, 0.29) is 6.03 Å². The molecule has 146 valence electrons. The Labute approximate surface area is 161 Å². The van der Waals surface area contributed by atoms with E-state index in [1.807, 2.05) is 19.0 Å². The van der Waals surface area contributed by atoms with Crippen LogP contribution in [0.5, 0.6) is 0 Å². The molecule has 1 aliphatic carbocycles. The van der Waals surface area contributed by atoms with E-state index in [1.54, 1.807) is 16.2 Å². The molecule has 2 amide bonds. The summed E-state index contributed by atoms with van der Waals surface area (Å²) in [4.78, 5) is 24.4. The average Bonchev–Trinajstić information content (AvgIpc) is 3.00. The average molecular weight is 380 g/mol. The fourth-order valence-corrected chi connectivity index (χ4v) is 5.27. The number of rotatable bonds is 5. The maximum absolute atomic E-state index is 12.1. The van der Waals surface area contributed by atoms with Gasteiger partial charge in [0.2, 0.25) is 0 Å². The van der Waals surface area contributed by atoms with Crippen molar-refractivity contribution in [2.45, 2.75) is 51.5 Å². The number of hydrogen-bond acceptors (Lipinski definition) is 5. The molecule has 3 rings (SSSR count). The Balaban J connectivity index is 1.55. The summed E-state index contributed by atoms with van der Waals surface area (Å²) >= 11 is 1.67. The summed E-state index contributed by atoms with van der Waals surface area (Å²) in [6.07, 6.45) is 6.77. The first-order valence-electron chi connectivity index (χ1n) is 9.92. The molecule has 7 heteroatoms. The third-order valence-corrected chi connectivity index (χ3v) is 6.67. The van der Waals surface area contributed by atoms with Gasteiger partial charge in [-0.25, -0.2) is 9.78 Å². The van der Waals surface area contributed by atoms with Crippen LogP contribution in [0.4, 0.5) is 9.93 Å². The summed E-state index contributed by atoms with van der Waals surface area (Å²) in [7, 11) is 3.67. The molecule has 6 nitrogen and oxygen atoms in total. The van der Waals surface area contributed by atoms with Crippen molar-refractivity contribution in [1.29, 1.82) is 0 Å². The molecule has 1 aliphatic heterocycles. The zero-order chi connectivity index (χ0) is 18.7. The van der Waals surface area contributed by atoms with Crippen LogP contribution in [0.3, 0.4) is 0 Å². The van der Waals surface area contributed by atoms with E-state index in [4.69, 9.17) is 5.73 Å². The standard InChI is InChI=1S/C19H33N5OS/c1-4-9-24(15-5-6-16-17(12-15)26-18(20)21-16)13-14-7-10-23(11-8-14)19(25)22(2)3/h14-15H,4-13H2,1-3H3,(H2,20,21)/t15-/m0/s1. The maximum atomic E-state index is 12.1. The Hall–Kier alpha value is -1.34. The topological polar surface area (TPSA) is 65.7 Å².